The summed E-state index contributed by atoms with van der Waals surface area (Å²) in [4.78, 5) is 6.86. The smallest absolute Gasteiger partial charge is 0.394 e. The number of pyridine rings is 1. The van der Waals surface area contributed by atoms with E-state index in [0.717, 1.165) is 36.0 Å². The molecule has 0 spiro atoms. The fourth-order valence-corrected chi connectivity index (χ4v) is 4.29. The van der Waals surface area contributed by atoms with Crippen molar-refractivity contribution >= 4 is 31.7 Å². The molecule has 0 saturated carbocycles. The van der Waals surface area contributed by atoms with Gasteiger partial charge in [-0.15, -0.1) is 6.58 Å². The van der Waals surface area contributed by atoms with Crippen molar-refractivity contribution in [3.05, 3.63) is 54.7 Å². The second-order valence-electron chi connectivity index (χ2n) is 7.50. The third kappa shape index (κ3) is 10.1. The molecule has 4 heterocycles. The van der Waals surface area contributed by atoms with Crippen LogP contribution in [0.5, 0.6) is 0 Å². The molecule has 2 bridgehead atoms. The molecule has 194 valence electrons. The molecule has 13 nitrogen and oxygen atoms in total. The first-order chi connectivity index (χ1) is 14.8. The molecule has 0 amide bonds. The number of piperidine rings is 3. The molecule has 9 N–H and O–H groups in total. The summed E-state index contributed by atoms with van der Waals surface area (Å²) < 4.78 is 63.2. The third-order valence-corrected chi connectivity index (χ3v) is 5.52. The summed E-state index contributed by atoms with van der Waals surface area (Å²) >= 11 is 0. The van der Waals surface area contributed by atoms with Crippen LogP contribution in [0.1, 0.15) is 24.5 Å². The Bertz CT molecular complexity index is 1090. The lowest BCUT2D eigenvalue weighted by Crippen LogP contribution is -2.54. The van der Waals surface area contributed by atoms with Gasteiger partial charge in [0.05, 0.1) is 11.6 Å². The zero-order valence-electron chi connectivity index (χ0n) is 18.0. The molecule has 0 aliphatic carbocycles. The van der Waals surface area contributed by atoms with Crippen molar-refractivity contribution in [2.24, 2.45) is 11.8 Å². The number of fused-ring (bicyclic) bond motifs is 4. The first-order valence-electron chi connectivity index (χ1n) is 9.56. The van der Waals surface area contributed by atoms with E-state index in [1.54, 1.807) is 0 Å². The Morgan fingerprint density at radius 2 is 1.59 bits per heavy atom. The topological polar surface area (TPSA) is 249 Å². The predicted molar refractivity (Wildman–Crippen MR) is 124 cm³/mol. The van der Waals surface area contributed by atoms with Gasteiger partial charge in [0.25, 0.3) is 0 Å². The molecule has 1 aromatic carbocycles. The highest BCUT2D eigenvalue weighted by Crippen LogP contribution is 2.41. The second kappa shape index (κ2) is 13.1. The molecule has 15 heteroatoms. The van der Waals surface area contributed by atoms with Crippen LogP contribution in [0.3, 0.4) is 0 Å². The monoisotopic (exact) mass is 526 g/mol. The summed E-state index contributed by atoms with van der Waals surface area (Å²) in [7, 11) is -9.33. The van der Waals surface area contributed by atoms with Crippen molar-refractivity contribution < 1.29 is 51.1 Å². The first kappa shape index (κ1) is 31.9. The summed E-state index contributed by atoms with van der Waals surface area (Å²) in [6.45, 7) is 6.11. The Balaban J connectivity index is 0.000000779. The Kier molecular flexibility index (Phi) is 12.4. The second-order valence-corrected chi connectivity index (χ2v) is 9.30. The average molecular weight is 527 g/mol. The van der Waals surface area contributed by atoms with E-state index in [-0.39, 0.29) is 17.0 Å². The van der Waals surface area contributed by atoms with Gasteiger partial charge in [-0.3, -0.25) is 28.1 Å². The van der Waals surface area contributed by atoms with Gasteiger partial charge in [0.15, 0.2) is 0 Å². The van der Waals surface area contributed by atoms with Crippen LogP contribution in [-0.4, -0.2) is 80.1 Å². The van der Waals surface area contributed by atoms with Crippen molar-refractivity contribution in [1.29, 1.82) is 0 Å². The van der Waals surface area contributed by atoms with Crippen LogP contribution in [0.15, 0.2) is 49.2 Å². The summed E-state index contributed by atoms with van der Waals surface area (Å²) in [5, 5.41) is 12.1. The van der Waals surface area contributed by atoms with Gasteiger partial charge in [0.1, 0.15) is 0 Å². The number of aliphatic hydroxyl groups excluding tert-OH is 1. The van der Waals surface area contributed by atoms with Crippen LogP contribution in [0, 0.1) is 11.8 Å². The molecular weight excluding hydrogens is 496 g/mol. The number of hydrogen-bond acceptors (Lipinski definition) is 7. The molecule has 1 aromatic heterocycles. The lowest BCUT2D eigenvalue weighted by molar-refractivity contribution is -0.0444. The molecule has 3 aliphatic rings. The Morgan fingerprint density at radius 3 is 2.09 bits per heavy atom. The first-order valence-corrected chi connectivity index (χ1v) is 12.4. The molecule has 2 aromatic rings. The summed E-state index contributed by atoms with van der Waals surface area (Å²) in [6, 6.07) is 10.3. The predicted octanol–water partition coefficient (Wildman–Crippen LogP) is 0.210. The lowest BCUT2D eigenvalue weighted by Gasteiger charge is -2.50. The van der Waals surface area contributed by atoms with Crippen LogP contribution < -0.4 is 0 Å². The fourth-order valence-electron chi connectivity index (χ4n) is 4.29. The minimum Gasteiger partial charge on any atom is -0.412 e. The molecular formula is C19H30N2O11S2. The lowest BCUT2D eigenvalue weighted by atomic mass is 9.73. The zero-order valence-corrected chi connectivity index (χ0v) is 19.6. The van der Waals surface area contributed by atoms with Gasteiger partial charge in [-0.25, -0.2) is 0 Å². The molecule has 3 saturated heterocycles. The molecule has 1 unspecified atom stereocenters. The van der Waals surface area contributed by atoms with Crippen LogP contribution in [0.25, 0.3) is 10.9 Å². The highest BCUT2D eigenvalue weighted by Gasteiger charge is 2.42. The molecule has 34 heavy (non-hydrogen) atoms. The van der Waals surface area contributed by atoms with Crippen LogP contribution >= 0.6 is 0 Å². The minimum atomic E-state index is -4.67. The minimum absolute atomic E-state index is 0. The number of nitrogens with zero attached hydrogens (tertiary/aromatic N) is 2. The van der Waals surface area contributed by atoms with E-state index in [1.807, 2.05) is 30.5 Å². The molecule has 3 aliphatic heterocycles. The fraction of sp³-hybridized carbons (Fsp3) is 0.421. The van der Waals surface area contributed by atoms with E-state index in [9.17, 15) is 5.11 Å². The van der Waals surface area contributed by atoms with Crippen molar-refractivity contribution in [2.45, 2.75) is 25.0 Å². The van der Waals surface area contributed by atoms with Gasteiger partial charge in [-0.05, 0) is 48.9 Å². The van der Waals surface area contributed by atoms with Crippen molar-refractivity contribution in [3.63, 3.8) is 0 Å². The summed E-state index contributed by atoms with van der Waals surface area (Å²) in [5.41, 5.74) is 1.97. The number of hydrogen-bond donors (Lipinski definition) is 5. The van der Waals surface area contributed by atoms with E-state index >= 15 is 0 Å². The summed E-state index contributed by atoms with van der Waals surface area (Å²) in [6.07, 6.45) is 5.76. The van der Waals surface area contributed by atoms with Crippen LogP contribution in [-0.2, 0) is 20.8 Å². The molecule has 5 atom stereocenters. The molecule has 3 fully saturated rings. The highest BCUT2D eigenvalue weighted by molar-refractivity contribution is 7.80. The van der Waals surface area contributed by atoms with Crippen molar-refractivity contribution in [1.82, 2.24) is 9.88 Å². The number of para-hydroxylation sites is 1. The van der Waals surface area contributed by atoms with Gasteiger partial charge in [0, 0.05) is 24.2 Å². The average Bonchev–Trinajstić information content (AvgIpc) is 2.70. The van der Waals surface area contributed by atoms with E-state index in [2.05, 4.69) is 28.6 Å². The van der Waals surface area contributed by atoms with E-state index in [1.165, 1.54) is 6.42 Å². The molecule has 5 rings (SSSR count). The number of rotatable bonds is 3. The van der Waals surface area contributed by atoms with Gasteiger partial charge in [0.2, 0.25) is 0 Å². The Hall–Kier alpha value is -2.05. The Morgan fingerprint density at radius 1 is 1.03 bits per heavy atom. The maximum Gasteiger partial charge on any atom is 0.394 e. The van der Waals surface area contributed by atoms with E-state index < -0.39 is 26.9 Å². The van der Waals surface area contributed by atoms with Crippen LogP contribution in [0.2, 0.25) is 0 Å². The SMILES string of the molecule is C=C[C@H]1CN2CC[C@H]1C[C@H]2[C@H](O)c1ccnc2ccccc12.O.O.O=S(=O)(O)O.O=S(=O)(O)O. The quantitative estimate of drug-likeness (QED) is 0.267. The Labute approximate surface area is 197 Å². The van der Waals surface area contributed by atoms with Crippen molar-refractivity contribution in [2.75, 3.05) is 13.1 Å². The maximum atomic E-state index is 11.0. The number of aliphatic hydroxyl groups is 1. The standard InChI is InChI=1S/C19H22N2O.2H2O4S.2H2O/c1-2-13-12-21-10-8-14(13)11-18(21)19(22)16-7-9-20-17-6-4-3-5-15(16)17;2*1-5(2,3)4;;/h2-7,9,13-14,18-19,22H,1,8,10-12H2;2*(H2,1,2,3,4);2*1H2/t13-,14-,18-,19+;;;;/m0..../s1. The van der Waals surface area contributed by atoms with E-state index in [4.69, 9.17) is 35.0 Å². The van der Waals surface area contributed by atoms with Gasteiger partial charge in [-0.1, -0.05) is 24.3 Å². The van der Waals surface area contributed by atoms with Gasteiger partial charge in [-0.2, -0.15) is 16.8 Å². The van der Waals surface area contributed by atoms with Gasteiger partial charge >= 0.3 is 20.8 Å². The zero-order chi connectivity index (χ0) is 24.1. The van der Waals surface area contributed by atoms with Crippen molar-refractivity contribution in [3.8, 4) is 0 Å². The highest BCUT2D eigenvalue weighted by atomic mass is 32.3. The molecule has 0 radical (unpaired) electrons. The number of aromatic nitrogens is 1. The largest absolute Gasteiger partial charge is 0.412 e. The third-order valence-electron chi connectivity index (χ3n) is 5.52. The summed E-state index contributed by atoms with van der Waals surface area (Å²) in [5.74, 6) is 1.27. The maximum absolute atomic E-state index is 11.0. The number of benzene rings is 1. The van der Waals surface area contributed by atoms with E-state index in [0.29, 0.717) is 11.8 Å². The van der Waals surface area contributed by atoms with Crippen LogP contribution in [0.4, 0.5) is 0 Å². The van der Waals surface area contributed by atoms with Gasteiger partial charge < -0.3 is 16.1 Å². The normalized spacial score (nSPS) is 24.1.